The van der Waals surface area contributed by atoms with Crippen LogP contribution in [-0.2, 0) is 14.8 Å². The van der Waals surface area contributed by atoms with E-state index >= 15 is 0 Å². The van der Waals surface area contributed by atoms with Crippen LogP contribution in [0.3, 0.4) is 0 Å². The summed E-state index contributed by atoms with van der Waals surface area (Å²) in [6.07, 6.45) is 0. The molecule has 0 aromatic carbocycles. The zero-order valence-corrected chi connectivity index (χ0v) is 13.5. The molecule has 0 aliphatic rings. The van der Waals surface area contributed by atoms with E-state index in [0.29, 0.717) is 26.2 Å². The van der Waals surface area contributed by atoms with Crippen molar-refractivity contribution in [3.63, 3.8) is 0 Å². The van der Waals surface area contributed by atoms with Crippen molar-refractivity contribution in [2.45, 2.75) is 27.7 Å². The summed E-state index contributed by atoms with van der Waals surface area (Å²) < 4.78 is 25.3. The summed E-state index contributed by atoms with van der Waals surface area (Å²) in [5.74, 6) is -0.875. The Morgan fingerprint density at radius 1 is 1.21 bits per heavy atom. The monoisotopic (exact) mass is 293 g/mol. The molecule has 0 aromatic heterocycles. The van der Waals surface area contributed by atoms with Gasteiger partial charge in [0.1, 0.15) is 5.75 Å². The average molecular weight is 293 g/mol. The number of carbonyl (C=O) groups is 1. The number of sulfonamides is 1. The molecule has 6 nitrogen and oxygen atoms in total. The lowest BCUT2D eigenvalue weighted by Gasteiger charge is -2.29. The molecule has 0 rings (SSSR count). The van der Waals surface area contributed by atoms with Crippen LogP contribution < -0.4 is 5.73 Å². The minimum atomic E-state index is -3.52. The van der Waals surface area contributed by atoms with E-state index in [1.807, 2.05) is 13.8 Å². The van der Waals surface area contributed by atoms with E-state index < -0.39 is 21.7 Å². The van der Waals surface area contributed by atoms with E-state index in [2.05, 4.69) is 0 Å². The fourth-order valence-electron chi connectivity index (χ4n) is 1.77. The Kier molecular flexibility index (Phi) is 6.96. The van der Waals surface area contributed by atoms with Gasteiger partial charge in [-0.25, -0.2) is 12.7 Å². The second-order valence-corrected chi connectivity index (χ2v) is 7.43. The molecule has 0 saturated carbocycles. The fourth-order valence-corrected chi connectivity index (χ4v) is 3.27. The largest absolute Gasteiger partial charge is 0.344 e. The first-order valence-corrected chi connectivity index (χ1v) is 8.12. The van der Waals surface area contributed by atoms with Gasteiger partial charge in [0.2, 0.25) is 15.9 Å². The molecule has 0 atom stereocenters. The Bertz CT molecular complexity index is 389. The molecule has 2 N–H and O–H groups in total. The third-order valence-corrected chi connectivity index (χ3v) is 4.96. The molecule has 0 spiro atoms. The highest BCUT2D eigenvalue weighted by atomic mass is 32.2. The van der Waals surface area contributed by atoms with E-state index in [9.17, 15) is 13.2 Å². The van der Waals surface area contributed by atoms with Crippen LogP contribution in [-0.4, -0.2) is 62.5 Å². The second-order valence-electron chi connectivity index (χ2n) is 5.46. The molecule has 114 valence electrons. The van der Waals surface area contributed by atoms with E-state index in [1.165, 1.54) is 9.21 Å². The molecular weight excluding hydrogens is 266 g/mol. The van der Waals surface area contributed by atoms with Crippen LogP contribution in [0.25, 0.3) is 0 Å². The van der Waals surface area contributed by atoms with Crippen LogP contribution in [0.1, 0.15) is 27.7 Å². The van der Waals surface area contributed by atoms with E-state index in [0.717, 1.165) is 0 Å². The van der Waals surface area contributed by atoms with Gasteiger partial charge < -0.3 is 10.6 Å². The molecule has 0 unspecified atom stereocenters. The van der Waals surface area contributed by atoms with Crippen molar-refractivity contribution in [1.29, 1.82) is 0 Å². The Labute approximate surface area is 117 Å². The van der Waals surface area contributed by atoms with Gasteiger partial charge in [-0.15, -0.1) is 0 Å². The van der Waals surface area contributed by atoms with Gasteiger partial charge in [0.05, 0.1) is 0 Å². The number of nitrogens with zero attached hydrogens (tertiary/aromatic N) is 2. The van der Waals surface area contributed by atoms with Gasteiger partial charge in [0.25, 0.3) is 0 Å². The van der Waals surface area contributed by atoms with Crippen LogP contribution in [0, 0.1) is 5.41 Å². The summed E-state index contributed by atoms with van der Waals surface area (Å²) in [6, 6.07) is 0. The molecule has 0 fully saturated rings. The maximum atomic E-state index is 12.0. The van der Waals surface area contributed by atoms with E-state index in [-0.39, 0.29) is 5.41 Å². The maximum Gasteiger partial charge on any atom is 0.238 e. The van der Waals surface area contributed by atoms with E-state index in [1.54, 1.807) is 20.9 Å². The highest BCUT2D eigenvalue weighted by molar-refractivity contribution is 7.89. The zero-order chi connectivity index (χ0) is 15.3. The van der Waals surface area contributed by atoms with Crippen molar-refractivity contribution in [3.8, 4) is 0 Å². The summed E-state index contributed by atoms with van der Waals surface area (Å²) in [7, 11) is -1.91. The lowest BCUT2D eigenvalue weighted by atomic mass is 9.93. The quantitative estimate of drug-likeness (QED) is 0.688. The van der Waals surface area contributed by atoms with Crippen LogP contribution in [0.4, 0.5) is 0 Å². The Balaban J connectivity index is 4.70. The average Bonchev–Trinajstić information content (AvgIpc) is 2.28. The molecule has 0 saturated heterocycles. The molecule has 0 aliphatic heterocycles. The molecular formula is C12H27N3O3S. The Hall–Kier alpha value is -0.660. The highest BCUT2D eigenvalue weighted by Crippen LogP contribution is 2.14. The Morgan fingerprint density at radius 2 is 1.68 bits per heavy atom. The van der Waals surface area contributed by atoms with Crippen LogP contribution in [0.5, 0.6) is 0 Å². The van der Waals surface area contributed by atoms with Gasteiger partial charge in [-0.1, -0.05) is 27.7 Å². The molecule has 1 amide bonds. The van der Waals surface area contributed by atoms with Crippen molar-refractivity contribution in [1.82, 2.24) is 9.21 Å². The number of carbonyl (C=O) groups excluding carboxylic acids is 1. The van der Waals surface area contributed by atoms with Crippen molar-refractivity contribution >= 4 is 15.9 Å². The molecule has 0 aliphatic carbocycles. The Morgan fingerprint density at radius 3 is 2.05 bits per heavy atom. The molecule has 0 aromatic rings. The number of rotatable bonds is 8. The first-order chi connectivity index (χ1) is 8.59. The first kappa shape index (κ1) is 18.3. The molecule has 19 heavy (non-hydrogen) atoms. The summed E-state index contributed by atoms with van der Waals surface area (Å²) in [6.45, 7) is 9.03. The van der Waals surface area contributed by atoms with Gasteiger partial charge in [-0.2, -0.15) is 0 Å². The normalized spacial score (nSPS) is 12.8. The standard InChI is InChI=1S/C12H27N3O3S/c1-6-15(7-2)19(17,18)8-11(16)14(5)10-12(3,4)9-13/h6-10,13H2,1-5H3. The lowest BCUT2D eigenvalue weighted by molar-refractivity contribution is -0.128. The van der Waals surface area contributed by atoms with Gasteiger partial charge in [0, 0.05) is 26.7 Å². The van der Waals surface area contributed by atoms with Crippen molar-refractivity contribution < 1.29 is 13.2 Å². The van der Waals surface area contributed by atoms with Crippen LogP contribution >= 0.6 is 0 Å². The molecule has 0 bridgehead atoms. The number of hydrogen-bond acceptors (Lipinski definition) is 4. The summed E-state index contributed by atoms with van der Waals surface area (Å²) in [4.78, 5) is 13.4. The summed E-state index contributed by atoms with van der Waals surface area (Å²) in [5, 5.41) is 0. The molecule has 7 heteroatoms. The molecule has 0 heterocycles. The lowest BCUT2D eigenvalue weighted by Crippen LogP contribution is -2.44. The number of amides is 1. The summed E-state index contributed by atoms with van der Waals surface area (Å²) in [5.41, 5.74) is 5.39. The van der Waals surface area contributed by atoms with Gasteiger partial charge >= 0.3 is 0 Å². The van der Waals surface area contributed by atoms with Crippen molar-refractivity contribution in [2.24, 2.45) is 11.1 Å². The second kappa shape index (κ2) is 7.21. The maximum absolute atomic E-state index is 12.0. The predicted octanol–water partition coefficient (Wildman–Crippen LogP) is 0.101. The third-order valence-electron chi connectivity index (χ3n) is 3.05. The number of hydrogen-bond donors (Lipinski definition) is 1. The summed E-state index contributed by atoms with van der Waals surface area (Å²) >= 11 is 0. The minimum Gasteiger partial charge on any atom is -0.344 e. The fraction of sp³-hybridized carbons (Fsp3) is 0.917. The third kappa shape index (κ3) is 5.88. The topological polar surface area (TPSA) is 83.7 Å². The first-order valence-electron chi connectivity index (χ1n) is 6.51. The minimum absolute atomic E-state index is 0.219. The SMILES string of the molecule is CCN(CC)S(=O)(=O)CC(=O)N(C)CC(C)(C)CN. The predicted molar refractivity (Wildman–Crippen MR) is 77.2 cm³/mol. The van der Waals surface area contributed by atoms with Crippen LogP contribution in [0.15, 0.2) is 0 Å². The van der Waals surface area contributed by atoms with Gasteiger partial charge in [-0.05, 0) is 12.0 Å². The number of nitrogens with two attached hydrogens (primary N) is 1. The van der Waals surface area contributed by atoms with Crippen molar-refractivity contribution in [3.05, 3.63) is 0 Å². The zero-order valence-electron chi connectivity index (χ0n) is 12.6. The van der Waals surface area contributed by atoms with Crippen molar-refractivity contribution in [2.75, 3.05) is 39.0 Å². The van der Waals surface area contributed by atoms with Crippen LogP contribution in [0.2, 0.25) is 0 Å². The van der Waals surface area contributed by atoms with Gasteiger partial charge in [-0.3, -0.25) is 4.79 Å². The smallest absolute Gasteiger partial charge is 0.238 e. The van der Waals surface area contributed by atoms with E-state index in [4.69, 9.17) is 5.73 Å². The highest BCUT2D eigenvalue weighted by Gasteiger charge is 2.27. The van der Waals surface area contributed by atoms with Gasteiger partial charge in [0.15, 0.2) is 0 Å². The molecule has 0 radical (unpaired) electrons.